The lowest BCUT2D eigenvalue weighted by Crippen LogP contribution is -1.92. The van der Waals surface area contributed by atoms with Gasteiger partial charge >= 0.3 is 0 Å². The molecule has 0 aliphatic carbocycles. The molecule has 0 saturated heterocycles. The third kappa shape index (κ3) is 5.69. The summed E-state index contributed by atoms with van der Waals surface area (Å²) in [6.07, 6.45) is 4.59. The highest BCUT2D eigenvalue weighted by Gasteiger charge is 2.19. The molecule has 0 N–H and O–H groups in total. The number of hydrogen-bond acceptors (Lipinski definition) is 0. The summed E-state index contributed by atoms with van der Waals surface area (Å²) in [7, 11) is 0. The molecular weight excluding hydrogens is 697 g/mol. The minimum atomic E-state index is 1.20. The first-order valence-corrected chi connectivity index (χ1v) is 20.1. The van der Waals surface area contributed by atoms with Crippen LogP contribution in [0.5, 0.6) is 0 Å². The number of fused-ring (bicyclic) bond motifs is 5. The summed E-state index contributed by atoms with van der Waals surface area (Å²) in [6.45, 7) is 0. The van der Waals surface area contributed by atoms with E-state index in [1.807, 2.05) is 0 Å². The maximum atomic E-state index is 2.34. The van der Waals surface area contributed by atoms with Crippen LogP contribution in [0.3, 0.4) is 0 Å². The first-order chi connectivity index (χ1) is 28.8. The zero-order chi connectivity index (χ0) is 38.4. The van der Waals surface area contributed by atoms with Gasteiger partial charge in [0.2, 0.25) is 0 Å². The van der Waals surface area contributed by atoms with Crippen LogP contribution in [0, 0.1) is 0 Å². The van der Waals surface area contributed by atoms with Crippen molar-refractivity contribution >= 4 is 66.0 Å². The highest BCUT2D eigenvalue weighted by molar-refractivity contribution is 6.24. The minimum absolute atomic E-state index is 1.20. The minimum Gasteiger partial charge on any atom is -0.0622 e. The van der Waals surface area contributed by atoms with Gasteiger partial charge in [-0.25, -0.2) is 0 Å². The fourth-order valence-corrected chi connectivity index (χ4v) is 9.22. The van der Waals surface area contributed by atoms with Gasteiger partial charge in [-0.2, -0.15) is 0 Å². The fourth-order valence-electron chi connectivity index (χ4n) is 9.22. The van der Waals surface area contributed by atoms with Crippen LogP contribution in [0.15, 0.2) is 218 Å². The van der Waals surface area contributed by atoms with Crippen molar-refractivity contribution in [1.82, 2.24) is 0 Å². The van der Waals surface area contributed by atoms with Gasteiger partial charge in [0.15, 0.2) is 0 Å². The van der Waals surface area contributed by atoms with Crippen LogP contribution in [0.4, 0.5) is 0 Å². The Hall–Kier alpha value is -7.54. The third-order valence-corrected chi connectivity index (χ3v) is 11.9. The molecule has 0 aromatic heterocycles. The van der Waals surface area contributed by atoms with E-state index in [-0.39, 0.29) is 0 Å². The summed E-state index contributed by atoms with van der Waals surface area (Å²) < 4.78 is 0. The molecule has 0 amide bonds. The molecule has 0 heteroatoms. The van der Waals surface area contributed by atoms with E-state index in [2.05, 4.69) is 231 Å². The van der Waals surface area contributed by atoms with Gasteiger partial charge in [0.05, 0.1) is 0 Å². The molecule has 0 saturated carbocycles. The van der Waals surface area contributed by atoms with Crippen molar-refractivity contribution in [2.45, 2.75) is 0 Å². The van der Waals surface area contributed by atoms with Gasteiger partial charge < -0.3 is 0 Å². The van der Waals surface area contributed by atoms with Crippen LogP contribution in [-0.2, 0) is 0 Å². The third-order valence-electron chi connectivity index (χ3n) is 11.9. The molecule has 0 spiro atoms. The predicted octanol–water partition coefficient (Wildman–Crippen LogP) is 16.3. The van der Waals surface area contributed by atoms with E-state index in [4.69, 9.17) is 0 Å². The summed E-state index contributed by atoms with van der Waals surface area (Å²) in [5.41, 5.74) is 12.4. The molecule has 0 fully saturated rings. The molecule has 11 aromatic carbocycles. The molecule has 0 nitrogen and oxygen atoms in total. The first-order valence-electron chi connectivity index (χ1n) is 20.1. The summed E-state index contributed by atoms with van der Waals surface area (Å²) in [5, 5.41) is 12.6. The van der Waals surface area contributed by atoms with Crippen molar-refractivity contribution in [3.05, 3.63) is 230 Å². The summed E-state index contributed by atoms with van der Waals surface area (Å²) in [4.78, 5) is 0. The molecule has 0 aliphatic rings. The van der Waals surface area contributed by atoms with E-state index in [0.29, 0.717) is 0 Å². The van der Waals surface area contributed by atoms with Gasteiger partial charge in [0, 0.05) is 0 Å². The zero-order valence-electron chi connectivity index (χ0n) is 31.9. The van der Waals surface area contributed by atoms with E-state index in [0.717, 1.165) is 0 Å². The Morgan fingerprint density at radius 2 is 0.603 bits per heavy atom. The second-order valence-electron chi connectivity index (χ2n) is 15.1. The fraction of sp³-hybridized carbons (Fsp3) is 0. The average molecular weight is 735 g/mol. The molecule has 0 bridgehead atoms. The van der Waals surface area contributed by atoms with Crippen molar-refractivity contribution in [3.63, 3.8) is 0 Å². The molecular formula is C58H38. The molecule has 11 aromatic rings. The molecule has 0 aliphatic heterocycles. The van der Waals surface area contributed by atoms with Gasteiger partial charge in [-0.3, -0.25) is 0 Å². The molecule has 0 heterocycles. The van der Waals surface area contributed by atoms with E-state index in [9.17, 15) is 0 Å². The van der Waals surface area contributed by atoms with Crippen molar-refractivity contribution in [2.75, 3.05) is 0 Å². The van der Waals surface area contributed by atoms with Gasteiger partial charge in [-0.1, -0.05) is 231 Å². The lowest BCUT2D eigenvalue weighted by Gasteiger charge is -2.19. The molecule has 0 radical (unpaired) electrons. The largest absolute Gasteiger partial charge is 0.0622 e. The standard InChI is InChI=1S/C58H38/c1-2-15-39(16-3-1)40-29-33-44(34-30-40)57-52-24-10-12-26-54(52)58(55-27-13-11-25-53(55)57)56-38-36-43(47-21-7-9-23-50(47)56)32-31-42-35-37-51(48-22-8-6-20-46(42)48)49-28-14-18-41-17-4-5-19-45(41)49/h1-38H/b32-31+. The maximum Gasteiger partial charge on any atom is -0.00201 e. The van der Waals surface area contributed by atoms with E-state index >= 15 is 0 Å². The van der Waals surface area contributed by atoms with Crippen LogP contribution in [0.1, 0.15) is 11.1 Å². The van der Waals surface area contributed by atoms with Gasteiger partial charge in [-0.15, -0.1) is 0 Å². The monoisotopic (exact) mass is 734 g/mol. The van der Waals surface area contributed by atoms with Crippen molar-refractivity contribution in [2.24, 2.45) is 0 Å². The number of rotatable bonds is 6. The quantitative estimate of drug-likeness (QED) is 0.118. The smallest absolute Gasteiger partial charge is 0.00201 e. The topological polar surface area (TPSA) is 0 Å². The molecule has 58 heavy (non-hydrogen) atoms. The SMILES string of the molecule is C(=C\c1ccc(-c2c3ccccc3c(-c3ccc(-c4ccccc4)cc3)c3ccccc23)c2ccccc12)/c1ccc(-c2cccc3ccccc23)c2ccccc12. The van der Waals surface area contributed by atoms with E-state index < -0.39 is 0 Å². The summed E-state index contributed by atoms with van der Waals surface area (Å²) in [5.74, 6) is 0. The highest BCUT2D eigenvalue weighted by Crippen LogP contribution is 2.46. The maximum absolute atomic E-state index is 2.34. The predicted molar refractivity (Wildman–Crippen MR) is 251 cm³/mol. The average Bonchev–Trinajstić information content (AvgIpc) is 3.30. The van der Waals surface area contributed by atoms with Crippen LogP contribution in [0.2, 0.25) is 0 Å². The van der Waals surface area contributed by atoms with Crippen molar-refractivity contribution in [3.8, 4) is 44.5 Å². The summed E-state index contributed by atoms with van der Waals surface area (Å²) >= 11 is 0. The Balaban J connectivity index is 1.04. The lowest BCUT2D eigenvalue weighted by atomic mass is 9.84. The lowest BCUT2D eigenvalue weighted by molar-refractivity contribution is 1.61. The zero-order valence-corrected chi connectivity index (χ0v) is 31.9. The van der Waals surface area contributed by atoms with Crippen LogP contribution >= 0.6 is 0 Å². The Morgan fingerprint density at radius 1 is 0.207 bits per heavy atom. The molecule has 0 atom stereocenters. The molecule has 270 valence electrons. The van der Waals surface area contributed by atoms with Gasteiger partial charge in [-0.05, 0) is 109 Å². The van der Waals surface area contributed by atoms with Crippen LogP contribution < -0.4 is 0 Å². The van der Waals surface area contributed by atoms with Crippen molar-refractivity contribution < 1.29 is 0 Å². The normalized spacial score (nSPS) is 11.7. The molecule has 11 rings (SSSR count). The Morgan fingerprint density at radius 3 is 1.21 bits per heavy atom. The van der Waals surface area contributed by atoms with E-state index in [1.165, 1.54) is 109 Å². The first kappa shape index (κ1) is 33.8. The Kier molecular flexibility index (Phi) is 8.26. The number of benzene rings is 11. The summed E-state index contributed by atoms with van der Waals surface area (Å²) in [6, 6.07) is 79.8. The van der Waals surface area contributed by atoms with Crippen LogP contribution in [-0.4, -0.2) is 0 Å². The highest BCUT2D eigenvalue weighted by atomic mass is 14.2. The molecule has 0 unspecified atom stereocenters. The van der Waals surface area contributed by atoms with Gasteiger partial charge in [0.25, 0.3) is 0 Å². The Labute approximate surface area is 338 Å². The number of hydrogen-bond donors (Lipinski definition) is 0. The Bertz CT molecular complexity index is 3310. The van der Waals surface area contributed by atoms with Crippen LogP contribution in [0.25, 0.3) is 111 Å². The van der Waals surface area contributed by atoms with Crippen molar-refractivity contribution in [1.29, 1.82) is 0 Å². The van der Waals surface area contributed by atoms with Gasteiger partial charge in [0.1, 0.15) is 0 Å². The second-order valence-corrected chi connectivity index (χ2v) is 15.1. The van der Waals surface area contributed by atoms with E-state index in [1.54, 1.807) is 0 Å². The second kappa shape index (κ2) is 14.2.